The number of halogens is 3. The molecule has 1 fully saturated rings. The van der Waals surface area contributed by atoms with Crippen LogP contribution in [0.2, 0.25) is 0 Å². The molecule has 2 heterocycles. The topological polar surface area (TPSA) is 38.8 Å². The summed E-state index contributed by atoms with van der Waals surface area (Å²) in [5.74, 6) is 1.27. The molecule has 2 aromatic carbocycles. The standard InChI is InChI=1S/C18H14F3NO3S/c19-18(20,21)13-4-2-1-3-12(13)17-22(7-8-26-17)16(23)11-5-6-14-15(9-11)25-10-24-14/h1-6,9,17H,7-8,10H2/t17-/m0/s1. The zero-order valence-electron chi connectivity index (χ0n) is 13.5. The molecule has 2 aliphatic heterocycles. The van der Waals surface area contributed by atoms with Gasteiger partial charge in [0.25, 0.3) is 5.91 Å². The number of carbonyl (C=O) groups is 1. The number of alkyl halides is 3. The largest absolute Gasteiger partial charge is 0.454 e. The van der Waals surface area contributed by atoms with E-state index in [1.165, 1.54) is 28.8 Å². The number of rotatable bonds is 2. The van der Waals surface area contributed by atoms with Crippen LogP contribution in [0.4, 0.5) is 13.2 Å². The van der Waals surface area contributed by atoms with Gasteiger partial charge in [0.05, 0.1) is 5.56 Å². The lowest BCUT2D eigenvalue weighted by molar-refractivity contribution is -0.138. The second kappa shape index (κ2) is 6.42. The monoisotopic (exact) mass is 381 g/mol. The Morgan fingerprint density at radius 2 is 1.88 bits per heavy atom. The molecular weight excluding hydrogens is 367 g/mol. The van der Waals surface area contributed by atoms with Crippen molar-refractivity contribution in [2.24, 2.45) is 0 Å². The number of fused-ring (bicyclic) bond motifs is 1. The molecule has 8 heteroatoms. The smallest absolute Gasteiger partial charge is 0.416 e. The molecule has 0 N–H and O–H groups in total. The average molecular weight is 381 g/mol. The number of amides is 1. The molecule has 0 aromatic heterocycles. The van der Waals surface area contributed by atoms with Crippen molar-refractivity contribution in [2.75, 3.05) is 19.1 Å². The van der Waals surface area contributed by atoms with E-state index >= 15 is 0 Å². The highest BCUT2D eigenvalue weighted by atomic mass is 32.2. The predicted octanol–water partition coefficient (Wildman–Crippen LogP) is 4.32. The second-order valence-corrected chi connectivity index (χ2v) is 7.06. The van der Waals surface area contributed by atoms with Crippen molar-refractivity contribution < 1.29 is 27.4 Å². The second-order valence-electron chi connectivity index (χ2n) is 5.87. The van der Waals surface area contributed by atoms with Gasteiger partial charge in [-0.3, -0.25) is 4.79 Å². The molecule has 0 spiro atoms. The van der Waals surface area contributed by atoms with Gasteiger partial charge in [0, 0.05) is 17.9 Å². The average Bonchev–Trinajstić information content (AvgIpc) is 3.28. The van der Waals surface area contributed by atoms with Crippen molar-refractivity contribution in [3.8, 4) is 11.5 Å². The zero-order valence-corrected chi connectivity index (χ0v) is 14.3. The number of carbonyl (C=O) groups excluding carboxylic acids is 1. The van der Waals surface area contributed by atoms with Crippen LogP contribution in [-0.2, 0) is 6.18 Å². The zero-order chi connectivity index (χ0) is 18.3. The van der Waals surface area contributed by atoms with Crippen molar-refractivity contribution in [1.29, 1.82) is 0 Å². The van der Waals surface area contributed by atoms with Crippen LogP contribution in [0.1, 0.15) is 26.9 Å². The lowest BCUT2D eigenvalue weighted by Gasteiger charge is -2.26. The summed E-state index contributed by atoms with van der Waals surface area (Å²) in [5.41, 5.74) is -0.231. The molecule has 0 radical (unpaired) electrons. The summed E-state index contributed by atoms with van der Waals surface area (Å²) in [4.78, 5) is 14.4. The van der Waals surface area contributed by atoms with Crippen molar-refractivity contribution in [2.45, 2.75) is 11.6 Å². The molecule has 4 rings (SSSR count). The van der Waals surface area contributed by atoms with Crippen LogP contribution in [0.3, 0.4) is 0 Å². The van der Waals surface area contributed by atoms with Crippen LogP contribution in [-0.4, -0.2) is 29.9 Å². The minimum Gasteiger partial charge on any atom is -0.454 e. The first-order chi connectivity index (χ1) is 12.4. The Bertz CT molecular complexity index is 856. The van der Waals surface area contributed by atoms with E-state index < -0.39 is 17.1 Å². The molecule has 1 saturated heterocycles. The Morgan fingerprint density at radius 3 is 2.69 bits per heavy atom. The fourth-order valence-corrected chi connectivity index (χ4v) is 4.39. The molecule has 0 saturated carbocycles. The summed E-state index contributed by atoms with van der Waals surface area (Å²) in [7, 11) is 0. The summed E-state index contributed by atoms with van der Waals surface area (Å²) in [6, 6.07) is 10.2. The molecule has 1 amide bonds. The van der Waals surface area contributed by atoms with Gasteiger partial charge in [-0.05, 0) is 29.8 Å². The summed E-state index contributed by atoms with van der Waals surface area (Å²) in [5, 5.41) is -0.675. The molecule has 2 aliphatic rings. The molecular formula is C18H14F3NO3S. The summed E-state index contributed by atoms with van der Waals surface area (Å²) >= 11 is 1.33. The highest BCUT2D eigenvalue weighted by Crippen LogP contribution is 2.44. The first kappa shape index (κ1) is 17.1. The molecule has 2 aromatic rings. The van der Waals surface area contributed by atoms with E-state index in [1.54, 1.807) is 24.3 Å². The van der Waals surface area contributed by atoms with Crippen LogP contribution >= 0.6 is 11.8 Å². The van der Waals surface area contributed by atoms with Gasteiger partial charge in [-0.2, -0.15) is 13.2 Å². The van der Waals surface area contributed by atoms with Crippen LogP contribution in [0.15, 0.2) is 42.5 Å². The fraction of sp³-hybridized carbons (Fsp3) is 0.278. The lowest BCUT2D eigenvalue weighted by Crippen LogP contribution is -2.31. The van der Waals surface area contributed by atoms with Gasteiger partial charge >= 0.3 is 6.18 Å². The van der Waals surface area contributed by atoms with E-state index in [-0.39, 0.29) is 18.3 Å². The number of hydrogen-bond acceptors (Lipinski definition) is 4. The van der Waals surface area contributed by atoms with Gasteiger partial charge in [-0.25, -0.2) is 0 Å². The molecule has 0 unspecified atom stereocenters. The Kier molecular flexibility index (Phi) is 4.22. The van der Waals surface area contributed by atoms with E-state index in [9.17, 15) is 18.0 Å². The maximum atomic E-state index is 13.4. The maximum Gasteiger partial charge on any atom is 0.416 e. The van der Waals surface area contributed by atoms with E-state index in [0.717, 1.165) is 6.07 Å². The third-order valence-corrected chi connectivity index (χ3v) is 5.55. The van der Waals surface area contributed by atoms with Crippen LogP contribution < -0.4 is 9.47 Å². The van der Waals surface area contributed by atoms with Crippen molar-refractivity contribution in [1.82, 2.24) is 4.90 Å². The van der Waals surface area contributed by atoms with Gasteiger partial charge in [0.15, 0.2) is 11.5 Å². The first-order valence-corrected chi connectivity index (χ1v) is 8.98. The van der Waals surface area contributed by atoms with Crippen LogP contribution in [0, 0.1) is 0 Å². The number of ether oxygens (including phenoxy) is 2. The Hall–Kier alpha value is -2.35. The van der Waals surface area contributed by atoms with Gasteiger partial charge < -0.3 is 14.4 Å². The first-order valence-electron chi connectivity index (χ1n) is 7.93. The number of benzene rings is 2. The molecule has 1 atom stereocenters. The third kappa shape index (κ3) is 2.98. The maximum absolute atomic E-state index is 13.4. The normalized spacial score (nSPS) is 19.0. The van der Waals surface area contributed by atoms with E-state index in [0.29, 0.717) is 29.4 Å². The van der Waals surface area contributed by atoms with Gasteiger partial charge in [0.2, 0.25) is 6.79 Å². The molecule has 136 valence electrons. The number of nitrogens with zero attached hydrogens (tertiary/aromatic N) is 1. The minimum atomic E-state index is -4.47. The molecule has 4 nitrogen and oxygen atoms in total. The van der Waals surface area contributed by atoms with Crippen molar-refractivity contribution in [3.05, 3.63) is 59.2 Å². The lowest BCUT2D eigenvalue weighted by atomic mass is 10.1. The van der Waals surface area contributed by atoms with E-state index in [1.807, 2.05) is 0 Å². The van der Waals surface area contributed by atoms with Gasteiger partial charge in [0.1, 0.15) is 5.37 Å². The summed E-state index contributed by atoms with van der Waals surface area (Å²) in [6.45, 7) is 0.475. The van der Waals surface area contributed by atoms with Crippen molar-refractivity contribution in [3.63, 3.8) is 0 Å². The Labute approximate surface area is 151 Å². The molecule has 0 bridgehead atoms. The highest BCUT2D eigenvalue weighted by Gasteiger charge is 2.39. The van der Waals surface area contributed by atoms with Crippen LogP contribution in [0.25, 0.3) is 0 Å². The highest BCUT2D eigenvalue weighted by molar-refractivity contribution is 7.99. The quantitative estimate of drug-likeness (QED) is 0.777. The minimum absolute atomic E-state index is 0.0914. The summed E-state index contributed by atoms with van der Waals surface area (Å²) in [6.07, 6.45) is -4.47. The van der Waals surface area contributed by atoms with Crippen molar-refractivity contribution >= 4 is 17.7 Å². The Morgan fingerprint density at radius 1 is 1.12 bits per heavy atom. The number of hydrogen-bond donors (Lipinski definition) is 0. The fourth-order valence-electron chi connectivity index (χ4n) is 3.10. The van der Waals surface area contributed by atoms with Crippen LogP contribution in [0.5, 0.6) is 11.5 Å². The number of thioether (sulfide) groups is 1. The Balaban J connectivity index is 1.66. The predicted molar refractivity (Wildman–Crippen MR) is 90.2 cm³/mol. The van der Waals surface area contributed by atoms with E-state index in [4.69, 9.17) is 9.47 Å². The molecule has 26 heavy (non-hydrogen) atoms. The SMILES string of the molecule is O=C(c1ccc2c(c1)OCO2)N1CCS[C@H]1c1ccccc1C(F)(F)F. The summed E-state index contributed by atoms with van der Waals surface area (Å²) < 4.78 is 50.6. The third-order valence-electron chi connectivity index (χ3n) is 4.30. The van der Waals surface area contributed by atoms with Gasteiger partial charge in [-0.15, -0.1) is 11.8 Å². The van der Waals surface area contributed by atoms with E-state index in [2.05, 4.69) is 0 Å². The van der Waals surface area contributed by atoms with Gasteiger partial charge in [-0.1, -0.05) is 18.2 Å². The molecule has 0 aliphatic carbocycles.